The largest absolute Gasteiger partial charge is 0.507 e. The van der Waals surface area contributed by atoms with Crippen molar-refractivity contribution >= 4 is 32.8 Å². The average Bonchev–Trinajstić information content (AvgIpc) is 3.74. The van der Waals surface area contributed by atoms with Gasteiger partial charge in [0.15, 0.2) is 5.58 Å². The summed E-state index contributed by atoms with van der Waals surface area (Å²) in [5.74, 6) is 0.835. The smallest absolute Gasteiger partial charge is 0.154 e. The number of hydrogen-bond donors (Lipinski definition) is 1. The van der Waals surface area contributed by atoms with Gasteiger partial charge in [-0.2, -0.15) is 0 Å². The van der Waals surface area contributed by atoms with Crippen molar-refractivity contribution in [2.24, 2.45) is 0 Å². The minimum atomic E-state index is 0. The first-order valence-electron chi connectivity index (χ1n) is 15.3. The molecule has 4 aromatic heterocycles. The first-order chi connectivity index (χ1) is 23.2. The number of aromatic hydroxyl groups is 1. The Labute approximate surface area is 290 Å². The number of rotatable bonds is 5. The molecule has 9 rings (SSSR count). The van der Waals surface area contributed by atoms with Crippen molar-refractivity contribution in [3.63, 3.8) is 0 Å². The maximum absolute atomic E-state index is 10.7. The Morgan fingerprint density at radius 2 is 1.35 bits per heavy atom. The standard InChI is InChI=1S/C41H25N4O2.Pt/c46-35-19-10-20-36-38(35)39-37(47-36)22-21-33(43-39)34-25-45(41(44-34)32-24-42-23-28-15-7-8-16-29(28)32)40-30(26-11-3-1-4-12-26)17-9-18-31(40)27-13-5-2-6-14-27;/h1-15,17-25,46H;/q-1;. The van der Waals surface area contributed by atoms with E-state index in [9.17, 15) is 5.11 Å². The number of fused-ring (bicyclic) bond motifs is 4. The van der Waals surface area contributed by atoms with Crippen molar-refractivity contribution in [2.45, 2.75) is 0 Å². The number of phenolic OH excluding ortho intramolecular Hbond substituents is 1. The van der Waals surface area contributed by atoms with Gasteiger partial charge >= 0.3 is 0 Å². The van der Waals surface area contributed by atoms with Crippen LogP contribution in [0.2, 0.25) is 0 Å². The number of para-hydroxylation sites is 1. The fourth-order valence-corrected chi connectivity index (χ4v) is 6.40. The number of nitrogens with zero attached hydrogens (tertiary/aromatic N) is 4. The van der Waals surface area contributed by atoms with Crippen LogP contribution in [0.25, 0.3) is 83.6 Å². The van der Waals surface area contributed by atoms with Gasteiger partial charge in [-0.25, -0.2) is 9.97 Å². The third-order valence-corrected chi connectivity index (χ3v) is 8.55. The molecule has 0 radical (unpaired) electrons. The molecule has 0 unspecified atom stereocenters. The Hall–Kier alpha value is -5.84. The van der Waals surface area contributed by atoms with Crippen LogP contribution in [0.3, 0.4) is 0 Å². The van der Waals surface area contributed by atoms with Crippen LogP contribution < -0.4 is 0 Å². The second-order valence-corrected chi connectivity index (χ2v) is 11.4. The number of pyridine rings is 2. The van der Waals surface area contributed by atoms with E-state index in [-0.39, 0.29) is 26.8 Å². The van der Waals surface area contributed by atoms with Crippen molar-refractivity contribution in [1.82, 2.24) is 19.5 Å². The molecule has 4 heterocycles. The van der Waals surface area contributed by atoms with Gasteiger partial charge in [-0.05, 0) is 53.3 Å². The molecule has 0 saturated heterocycles. The molecule has 0 aliphatic heterocycles. The van der Waals surface area contributed by atoms with Gasteiger partial charge in [-0.3, -0.25) is 4.98 Å². The van der Waals surface area contributed by atoms with Crippen LogP contribution in [0.5, 0.6) is 5.75 Å². The van der Waals surface area contributed by atoms with Crippen LogP contribution in [0.15, 0.2) is 150 Å². The average molecular weight is 801 g/mol. The van der Waals surface area contributed by atoms with Gasteiger partial charge in [0.2, 0.25) is 0 Å². The zero-order valence-corrected chi connectivity index (χ0v) is 27.6. The van der Waals surface area contributed by atoms with E-state index in [1.807, 2.05) is 67.1 Å². The Morgan fingerprint density at radius 1 is 0.625 bits per heavy atom. The van der Waals surface area contributed by atoms with Gasteiger partial charge in [0.1, 0.15) is 28.4 Å². The predicted molar refractivity (Wildman–Crippen MR) is 186 cm³/mol. The van der Waals surface area contributed by atoms with Gasteiger partial charge in [0.05, 0.1) is 16.8 Å². The summed E-state index contributed by atoms with van der Waals surface area (Å²) >= 11 is 0. The molecule has 0 bridgehead atoms. The van der Waals surface area contributed by atoms with Crippen LogP contribution in [-0.2, 0) is 21.1 Å². The molecule has 5 aromatic carbocycles. The van der Waals surface area contributed by atoms with E-state index in [4.69, 9.17) is 14.4 Å². The molecule has 9 aromatic rings. The van der Waals surface area contributed by atoms with Crippen LogP contribution in [0.4, 0.5) is 0 Å². The Kier molecular flexibility index (Phi) is 7.43. The van der Waals surface area contributed by atoms with E-state index in [1.165, 1.54) is 0 Å². The monoisotopic (exact) mass is 800 g/mol. The summed E-state index contributed by atoms with van der Waals surface area (Å²) < 4.78 is 8.17. The molecule has 1 N–H and O–H groups in total. The molecular formula is C41H25N4O2Pt-. The van der Waals surface area contributed by atoms with E-state index < -0.39 is 0 Å². The fraction of sp³-hybridized carbons (Fsp3) is 0. The first-order valence-corrected chi connectivity index (χ1v) is 15.3. The Bertz CT molecular complexity index is 2530. The molecule has 0 amide bonds. The first kappa shape index (κ1) is 29.6. The van der Waals surface area contributed by atoms with E-state index in [0.29, 0.717) is 39.3 Å². The molecular weight excluding hydrogens is 776 g/mol. The third-order valence-electron chi connectivity index (χ3n) is 8.55. The third kappa shape index (κ3) is 4.90. The van der Waals surface area contributed by atoms with Crippen molar-refractivity contribution < 1.29 is 30.6 Å². The van der Waals surface area contributed by atoms with Gasteiger partial charge < -0.3 is 14.1 Å². The number of aromatic nitrogens is 4. The van der Waals surface area contributed by atoms with Crippen molar-refractivity contribution in [3.8, 4) is 56.5 Å². The normalized spacial score (nSPS) is 11.2. The van der Waals surface area contributed by atoms with Crippen LogP contribution in [0, 0.1) is 6.07 Å². The van der Waals surface area contributed by atoms with Crippen molar-refractivity contribution in [1.29, 1.82) is 0 Å². The predicted octanol–water partition coefficient (Wildman–Crippen LogP) is 9.89. The SMILES string of the molecule is Oc1cccc2oc3ccc(-c4cn(-c5c(-c6ccccc6)cccc5-c5ccccc5)c(-c5cncc6ccc[c-]c56)n4)nc3c12.[Pt]. The molecule has 7 heteroatoms. The zero-order valence-electron chi connectivity index (χ0n) is 25.3. The van der Waals surface area contributed by atoms with Gasteiger partial charge in [0.25, 0.3) is 0 Å². The topological polar surface area (TPSA) is 77.0 Å². The summed E-state index contributed by atoms with van der Waals surface area (Å²) in [6, 6.07) is 45.6. The minimum absolute atomic E-state index is 0. The van der Waals surface area contributed by atoms with Crippen molar-refractivity contribution in [3.05, 3.63) is 152 Å². The minimum Gasteiger partial charge on any atom is -0.507 e. The number of phenols is 1. The zero-order chi connectivity index (χ0) is 31.3. The Balaban J connectivity index is 0.00000336. The summed E-state index contributed by atoms with van der Waals surface area (Å²) in [6.07, 6.45) is 5.75. The maximum Gasteiger partial charge on any atom is 0.154 e. The van der Waals surface area contributed by atoms with Crippen LogP contribution in [0.1, 0.15) is 0 Å². The molecule has 0 aliphatic carbocycles. The van der Waals surface area contributed by atoms with Crippen molar-refractivity contribution in [2.75, 3.05) is 0 Å². The number of hydrogen-bond acceptors (Lipinski definition) is 5. The molecule has 0 fully saturated rings. The molecule has 0 saturated carbocycles. The number of benzene rings is 5. The summed E-state index contributed by atoms with van der Waals surface area (Å²) in [7, 11) is 0. The Morgan fingerprint density at radius 3 is 2.10 bits per heavy atom. The van der Waals surface area contributed by atoms with E-state index in [2.05, 4.69) is 82.3 Å². The summed E-state index contributed by atoms with van der Waals surface area (Å²) in [6.45, 7) is 0. The quantitative estimate of drug-likeness (QED) is 0.176. The van der Waals surface area contributed by atoms with Gasteiger partial charge in [-0.15, -0.1) is 29.7 Å². The molecule has 0 aliphatic rings. The van der Waals surface area contributed by atoms with E-state index >= 15 is 0 Å². The number of imidazole rings is 1. The van der Waals surface area contributed by atoms with E-state index in [0.717, 1.165) is 44.3 Å². The number of furan rings is 1. The summed E-state index contributed by atoms with van der Waals surface area (Å²) in [5.41, 5.74) is 9.21. The van der Waals surface area contributed by atoms with Gasteiger partial charge in [0, 0.05) is 38.4 Å². The summed E-state index contributed by atoms with van der Waals surface area (Å²) in [5, 5.41) is 13.2. The molecule has 6 nitrogen and oxygen atoms in total. The second kappa shape index (κ2) is 12.1. The fourth-order valence-electron chi connectivity index (χ4n) is 6.40. The molecule has 232 valence electrons. The molecule has 0 spiro atoms. The van der Waals surface area contributed by atoms with Crippen LogP contribution in [-0.4, -0.2) is 24.6 Å². The molecule has 48 heavy (non-hydrogen) atoms. The van der Waals surface area contributed by atoms with Gasteiger partial charge in [-0.1, -0.05) is 90.3 Å². The maximum atomic E-state index is 10.7. The summed E-state index contributed by atoms with van der Waals surface area (Å²) in [4.78, 5) is 14.9. The van der Waals surface area contributed by atoms with E-state index in [1.54, 1.807) is 12.1 Å². The second-order valence-electron chi connectivity index (χ2n) is 11.4. The molecule has 0 atom stereocenters. The van der Waals surface area contributed by atoms with Crippen LogP contribution >= 0.6 is 0 Å².